The van der Waals surface area contributed by atoms with Gasteiger partial charge in [0.05, 0.1) is 11.1 Å². The maximum absolute atomic E-state index is 11.0. The minimum atomic E-state index is 0.0708. The molecule has 4 heteroatoms. The first-order valence-corrected chi connectivity index (χ1v) is 5.49. The number of thioether (sulfide) groups is 1. The van der Waals surface area contributed by atoms with Gasteiger partial charge in [0.15, 0.2) is 0 Å². The molecule has 0 aliphatic carbocycles. The van der Waals surface area contributed by atoms with E-state index in [2.05, 4.69) is 6.92 Å². The van der Waals surface area contributed by atoms with E-state index in [0.29, 0.717) is 5.75 Å². The predicted molar refractivity (Wildman–Crippen MR) is 51.4 cm³/mol. The number of hydrogen-bond acceptors (Lipinski definition) is 3. The van der Waals surface area contributed by atoms with Crippen LogP contribution in [0.2, 0.25) is 0 Å². The van der Waals surface area contributed by atoms with Gasteiger partial charge in [0.1, 0.15) is 0 Å². The topological polar surface area (TPSA) is 46.3 Å². The van der Waals surface area contributed by atoms with Gasteiger partial charge in [-0.25, -0.2) is 5.84 Å². The molecule has 3 nitrogen and oxygen atoms in total. The molecule has 2 N–H and O–H groups in total. The van der Waals surface area contributed by atoms with Crippen LogP contribution in [0.25, 0.3) is 0 Å². The van der Waals surface area contributed by atoms with E-state index in [-0.39, 0.29) is 11.3 Å². The highest BCUT2D eigenvalue weighted by atomic mass is 32.2. The Morgan fingerprint density at radius 1 is 1.67 bits per heavy atom. The van der Waals surface area contributed by atoms with E-state index in [1.165, 1.54) is 24.3 Å². The minimum Gasteiger partial charge on any atom is -0.272 e. The minimum absolute atomic E-state index is 0.0708. The van der Waals surface area contributed by atoms with Gasteiger partial charge in [0.2, 0.25) is 5.91 Å². The molecule has 1 aliphatic heterocycles. The first kappa shape index (κ1) is 9.86. The van der Waals surface area contributed by atoms with Crippen LogP contribution in [0.4, 0.5) is 0 Å². The Hall–Kier alpha value is -0.220. The lowest BCUT2D eigenvalue weighted by Crippen LogP contribution is -2.38. The summed E-state index contributed by atoms with van der Waals surface area (Å²) in [5, 5.41) is 1.63. The molecule has 1 aliphatic rings. The fourth-order valence-electron chi connectivity index (χ4n) is 1.27. The van der Waals surface area contributed by atoms with Crippen molar-refractivity contribution < 1.29 is 4.79 Å². The van der Waals surface area contributed by atoms with Gasteiger partial charge in [0, 0.05) is 0 Å². The molecule has 0 spiro atoms. The number of carbonyl (C=O) groups is 1. The summed E-state index contributed by atoms with van der Waals surface area (Å²) in [7, 11) is 0. The van der Waals surface area contributed by atoms with Crippen LogP contribution in [0.5, 0.6) is 0 Å². The third kappa shape index (κ3) is 2.38. The van der Waals surface area contributed by atoms with Crippen LogP contribution in [0.3, 0.4) is 0 Å². The molecule has 0 bridgehead atoms. The first-order chi connectivity index (χ1) is 5.75. The highest BCUT2D eigenvalue weighted by molar-refractivity contribution is 8.00. The second kappa shape index (κ2) is 4.72. The Morgan fingerprint density at radius 3 is 2.92 bits per heavy atom. The molecule has 1 heterocycles. The summed E-state index contributed by atoms with van der Waals surface area (Å²) >= 11 is 1.66. The standard InChI is InChI=1S/C8H16N2OS/c1-2-3-4-5-8-10(9)7(11)6-12-8/h8H,2-6,9H2,1H3. The lowest BCUT2D eigenvalue weighted by Gasteiger charge is -2.17. The molecule has 0 aromatic heterocycles. The second-order valence-electron chi connectivity index (χ2n) is 3.06. The van der Waals surface area contributed by atoms with Gasteiger partial charge in [-0.1, -0.05) is 26.2 Å². The number of hydrogen-bond donors (Lipinski definition) is 1. The summed E-state index contributed by atoms with van der Waals surface area (Å²) in [5.41, 5.74) is 0. The summed E-state index contributed by atoms with van der Waals surface area (Å²) in [6, 6.07) is 0. The van der Waals surface area contributed by atoms with Crippen molar-refractivity contribution in [2.75, 3.05) is 5.75 Å². The Labute approximate surface area is 77.6 Å². The Bertz CT molecular complexity index is 163. The van der Waals surface area contributed by atoms with Gasteiger partial charge in [-0.3, -0.25) is 9.80 Å². The van der Waals surface area contributed by atoms with Crippen molar-refractivity contribution in [1.29, 1.82) is 0 Å². The summed E-state index contributed by atoms with van der Waals surface area (Å²) in [5.74, 6) is 6.20. The molecule has 1 unspecified atom stereocenters. The lowest BCUT2D eigenvalue weighted by molar-refractivity contribution is -0.128. The number of rotatable bonds is 4. The Kier molecular flexibility index (Phi) is 3.88. The summed E-state index contributed by atoms with van der Waals surface area (Å²) in [6.45, 7) is 2.17. The molecule has 0 aromatic carbocycles. The third-order valence-electron chi connectivity index (χ3n) is 2.05. The molecular weight excluding hydrogens is 172 g/mol. The van der Waals surface area contributed by atoms with E-state index < -0.39 is 0 Å². The van der Waals surface area contributed by atoms with Gasteiger partial charge in [-0.15, -0.1) is 11.8 Å². The Balaban J connectivity index is 2.20. The molecule has 1 saturated heterocycles. The molecule has 0 aromatic rings. The van der Waals surface area contributed by atoms with Crippen molar-refractivity contribution in [2.24, 2.45) is 5.84 Å². The number of unbranched alkanes of at least 4 members (excludes halogenated alkanes) is 2. The quantitative estimate of drug-likeness (QED) is 0.411. The molecule has 1 fully saturated rings. The molecule has 0 saturated carbocycles. The fourth-order valence-corrected chi connectivity index (χ4v) is 2.37. The smallest absolute Gasteiger partial charge is 0.247 e. The van der Waals surface area contributed by atoms with Gasteiger partial charge in [0.25, 0.3) is 0 Å². The van der Waals surface area contributed by atoms with Crippen molar-refractivity contribution in [3.63, 3.8) is 0 Å². The summed E-state index contributed by atoms with van der Waals surface area (Å²) in [6.07, 6.45) is 4.67. The van der Waals surface area contributed by atoms with Gasteiger partial charge in [-0.2, -0.15) is 0 Å². The van der Waals surface area contributed by atoms with Crippen molar-refractivity contribution in [3.8, 4) is 0 Å². The highest BCUT2D eigenvalue weighted by Crippen LogP contribution is 2.25. The van der Waals surface area contributed by atoms with Crippen molar-refractivity contribution in [3.05, 3.63) is 0 Å². The van der Waals surface area contributed by atoms with E-state index in [1.54, 1.807) is 11.8 Å². The lowest BCUT2D eigenvalue weighted by atomic mass is 10.2. The van der Waals surface area contributed by atoms with Gasteiger partial charge in [-0.05, 0) is 6.42 Å². The number of nitrogens with two attached hydrogens (primary N) is 1. The highest BCUT2D eigenvalue weighted by Gasteiger charge is 2.28. The van der Waals surface area contributed by atoms with Gasteiger partial charge < -0.3 is 0 Å². The third-order valence-corrected chi connectivity index (χ3v) is 3.31. The molecule has 12 heavy (non-hydrogen) atoms. The number of hydrazine groups is 1. The van der Waals surface area contributed by atoms with Crippen molar-refractivity contribution >= 4 is 17.7 Å². The maximum Gasteiger partial charge on any atom is 0.247 e. The largest absolute Gasteiger partial charge is 0.272 e. The van der Waals surface area contributed by atoms with Crippen LogP contribution >= 0.6 is 11.8 Å². The molecule has 70 valence electrons. The monoisotopic (exact) mass is 188 g/mol. The molecule has 1 rings (SSSR count). The molecule has 0 radical (unpaired) electrons. The van der Waals surface area contributed by atoms with Crippen molar-refractivity contribution in [2.45, 2.75) is 38.0 Å². The number of carbonyl (C=O) groups excluding carboxylic acids is 1. The zero-order chi connectivity index (χ0) is 8.97. The van der Waals surface area contributed by atoms with Crippen LogP contribution < -0.4 is 5.84 Å². The SMILES string of the molecule is CCCCCC1SCC(=O)N1N. The summed E-state index contributed by atoms with van der Waals surface area (Å²) in [4.78, 5) is 11.0. The van der Waals surface area contributed by atoms with E-state index in [0.717, 1.165) is 6.42 Å². The number of nitrogens with zero attached hydrogens (tertiary/aromatic N) is 1. The van der Waals surface area contributed by atoms with Crippen molar-refractivity contribution in [1.82, 2.24) is 5.01 Å². The van der Waals surface area contributed by atoms with Crippen LogP contribution in [0.1, 0.15) is 32.6 Å². The van der Waals surface area contributed by atoms with E-state index in [1.807, 2.05) is 0 Å². The van der Waals surface area contributed by atoms with Gasteiger partial charge >= 0.3 is 0 Å². The average molecular weight is 188 g/mol. The first-order valence-electron chi connectivity index (χ1n) is 4.44. The summed E-state index contributed by atoms with van der Waals surface area (Å²) < 4.78 is 0. The molecule has 1 amide bonds. The molecule has 1 atom stereocenters. The van der Waals surface area contributed by atoms with Crippen LogP contribution in [0.15, 0.2) is 0 Å². The maximum atomic E-state index is 11.0. The van der Waals surface area contributed by atoms with Crippen LogP contribution in [-0.2, 0) is 4.79 Å². The predicted octanol–water partition coefficient (Wildman–Crippen LogP) is 1.34. The van der Waals surface area contributed by atoms with Crippen LogP contribution in [-0.4, -0.2) is 22.0 Å². The van der Waals surface area contributed by atoms with E-state index >= 15 is 0 Å². The van der Waals surface area contributed by atoms with E-state index in [4.69, 9.17) is 5.84 Å². The average Bonchev–Trinajstić information content (AvgIpc) is 2.36. The van der Waals surface area contributed by atoms with Crippen LogP contribution in [0, 0.1) is 0 Å². The molecular formula is C8H16N2OS. The zero-order valence-corrected chi connectivity index (χ0v) is 8.27. The number of amides is 1. The van der Waals surface area contributed by atoms with E-state index in [9.17, 15) is 4.79 Å². The fraction of sp³-hybridized carbons (Fsp3) is 0.875. The Morgan fingerprint density at radius 2 is 2.42 bits per heavy atom. The second-order valence-corrected chi connectivity index (χ2v) is 4.23. The normalized spacial score (nSPS) is 23.7. The zero-order valence-electron chi connectivity index (χ0n) is 7.45.